The molecule has 0 aliphatic heterocycles. The fourth-order valence-electron chi connectivity index (χ4n) is 1.97. The average Bonchev–Trinajstić information content (AvgIpc) is 2.39. The summed E-state index contributed by atoms with van der Waals surface area (Å²) in [7, 11) is 2.20. The Morgan fingerprint density at radius 2 is 1.88 bits per heavy atom. The number of hydrogen-bond acceptors (Lipinski definition) is 2. The van der Waals surface area contributed by atoms with Crippen LogP contribution >= 0.6 is 0 Å². The molecule has 0 fully saturated rings. The van der Waals surface area contributed by atoms with Gasteiger partial charge in [0.2, 0.25) is 0 Å². The lowest BCUT2D eigenvalue weighted by Gasteiger charge is -2.19. The average molecular weight is 234 g/mol. The summed E-state index contributed by atoms with van der Waals surface area (Å²) in [5, 5.41) is 0. The van der Waals surface area contributed by atoms with Gasteiger partial charge < -0.3 is 10.6 Å². The normalized spacial score (nSPS) is 12.9. The Hall–Kier alpha value is -0.860. The van der Waals surface area contributed by atoms with Crippen molar-refractivity contribution in [3.8, 4) is 0 Å². The van der Waals surface area contributed by atoms with E-state index < -0.39 is 0 Å². The minimum atomic E-state index is 0.689. The van der Waals surface area contributed by atoms with Crippen LogP contribution in [0.5, 0.6) is 0 Å². The molecule has 1 rings (SSSR count). The molecule has 1 unspecified atom stereocenters. The molecule has 1 aromatic rings. The lowest BCUT2D eigenvalue weighted by atomic mass is 10.0. The van der Waals surface area contributed by atoms with Crippen LogP contribution in [-0.2, 0) is 6.42 Å². The summed E-state index contributed by atoms with van der Waals surface area (Å²) in [5.74, 6) is 0.689. The second-order valence-electron chi connectivity index (χ2n) is 4.84. The third-order valence-electron chi connectivity index (χ3n) is 3.45. The Morgan fingerprint density at radius 3 is 2.47 bits per heavy atom. The Morgan fingerprint density at radius 1 is 1.18 bits per heavy atom. The highest BCUT2D eigenvalue weighted by Gasteiger charge is 2.05. The van der Waals surface area contributed by atoms with Crippen LogP contribution in [0.25, 0.3) is 0 Å². The van der Waals surface area contributed by atoms with Gasteiger partial charge in [0, 0.05) is 6.54 Å². The quantitative estimate of drug-likeness (QED) is 0.749. The number of nitrogens with zero attached hydrogens (tertiary/aromatic N) is 1. The largest absolute Gasteiger partial charge is 0.330 e. The Bertz CT molecular complexity index is 280. The van der Waals surface area contributed by atoms with Gasteiger partial charge in [0.15, 0.2) is 0 Å². The van der Waals surface area contributed by atoms with E-state index in [0.717, 1.165) is 26.1 Å². The molecule has 0 bridgehead atoms. The maximum absolute atomic E-state index is 5.72. The van der Waals surface area contributed by atoms with E-state index in [2.05, 4.69) is 49.2 Å². The summed E-state index contributed by atoms with van der Waals surface area (Å²) in [4.78, 5) is 2.41. The number of hydrogen-bond donors (Lipinski definition) is 1. The number of benzene rings is 1. The van der Waals surface area contributed by atoms with E-state index in [1.165, 1.54) is 18.4 Å². The van der Waals surface area contributed by atoms with E-state index in [1.807, 2.05) is 0 Å². The highest BCUT2D eigenvalue weighted by atomic mass is 15.1. The maximum Gasteiger partial charge on any atom is 0.00188 e. The molecule has 0 aliphatic rings. The van der Waals surface area contributed by atoms with Gasteiger partial charge in [0.25, 0.3) is 0 Å². The van der Waals surface area contributed by atoms with E-state index in [9.17, 15) is 0 Å². The maximum atomic E-state index is 5.72. The van der Waals surface area contributed by atoms with Crippen molar-refractivity contribution in [2.45, 2.75) is 26.2 Å². The van der Waals surface area contributed by atoms with Gasteiger partial charge in [-0.2, -0.15) is 0 Å². The monoisotopic (exact) mass is 234 g/mol. The van der Waals surface area contributed by atoms with Crippen molar-refractivity contribution in [1.29, 1.82) is 0 Å². The van der Waals surface area contributed by atoms with Crippen LogP contribution in [0, 0.1) is 5.92 Å². The second kappa shape index (κ2) is 8.26. The summed E-state index contributed by atoms with van der Waals surface area (Å²) in [5.41, 5.74) is 7.14. The summed E-state index contributed by atoms with van der Waals surface area (Å²) < 4.78 is 0. The molecular formula is C15H26N2. The fraction of sp³-hybridized carbons (Fsp3) is 0.600. The molecule has 0 saturated carbocycles. The summed E-state index contributed by atoms with van der Waals surface area (Å²) in [6.45, 7) is 5.33. The molecule has 0 amide bonds. The first kappa shape index (κ1) is 14.2. The van der Waals surface area contributed by atoms with Crippen molar-refractivity contribution in [2.24, 2.45) is 11.7 Å². The molecular weight excluding hydrogens is 208 g/mol. The molecule has 0 heterocycles. The fourth-order valence-corrected chi connectivity index (χ4v) is 1.97. The molecule has 0 aliphatic carbocycles. The predicted molar refractivity (Wildman–Crippen MR) is 75.1 cm³/mol. The molecule has 0 saturated heterocycles. The van der Waals surface area contributed by atoms with Crippen molar-refractivity contribution >= 4 is 0 Å². The zero-order valence-corrected chi connectivity index (χ0v) is 11.2. The molecule has 1 aromatic carbocycles. The summed E-state index contributed by atoms with van der Waals surface area (Å²) in [6, 6.07) is 10.7. The number of nitrogens with two attached hydrogens (primary N) is 1. The summed E-state index contributed by atoms with van der Waals surface area (Å²) >= 11 is 0. The van der Waals surface area contributed by atoms with Crippen molar-refractivity contribution < 1.29 is 0 Å². The van der Waals surface area contributed by atoms with E-state index in [0.29, 0.717) is 5.92 Å². The smallest absolute Gasteiger partial charge is 0.00188 e. The zero-order valence-electron chi connectivity index (χ0n) is 11.2. The van der Waals surface area contributed by atoms with Gasteiger partial charge in [-0.15, -0.1) is 0 Å². The Kier molecular flexibility index (Phi) is 6.90. The van der Waals surface area contributed by atoms with Crippen LogP contribution in [0.3, 0.4) is 0 Å². The van der Waals surface area contributed by atoms with Crippen molar-refractivity contribution in [3.05, 3.63) is 35.9 Å². The van der Waals surface area contributed by atoms with Crippen LogP contribution in [0.4, 0.5) is 0 Å². The summed E-state index contributed by atoms with van der Waals surface area (Å²) in [6.07, 6.45) is 3.55. The molecule has 96 valence electrons. The lowest BCUT2D eigenvalue weighted by molar-refractivity contribution is 0.301. The Labute approximate surface area is 106 Å². The van der Waals surface area contributed by atoms with E-state index in [-0.39, 0.29) is 0 Å². The molecule has 0 radical (unpaired) electrons. The van der Waals surface area contributed by atoms with Gasteiger partial charge in [0.05, 0.1) is 0 Å². The van der Waals surface area contributed by atoms with Gasteiger partial charge in [-0.1, -0.05) is 43.7 Å². The van der Waals surface area contributed by atoms with E-state index in [4.69, 9.17) is 5.73 Å². The molecule has 1 atom stereocenters. The lowest BCUT2D eigenvalue weighted by Crippen LogP contribution is -2.26. The third-order valence-corrected chi connectivity index (χ3v) is 3.45. The van der Waals surface area contributed by atoms with Gasteiger partial charge in [-0.25, -0.2) is 0 Å². The molecule has 0 aromatic heterocycles. The van der Waals surface area contributed by atoms with Gasteiger partial charge in [0.1, 0.15) is 0 Å². The first-order valence-electron chi connectivity index (χ1n) is 6.68. The molecule has 0 spiro atoms. The van der Waals surface area contributed by atoms with Crippen LogP contribution in [0.2, 0.25) is 0 Å². The predicted octanol–water partition coefficient (Wildman–Crippen LogP) is 2.54. The van der Waals surface area contributed by atoms with Crippen LogP contribution in [0.15, 0.2) is 30.3 Å². The molecule has 2 N–H and O–H groups in total. The SMILES string of the molecule is CCC(CN)CCN(C)CCc1ccccc1. The van der Waals surface area contributed by atoms with Gasteiger partial charge >= 0.3 is 0 Å². The highest BCUT2D eigenvalue weighted by molar-refractivity contribution is 5.14. The van der Waals surface area contributed by atoms with Gasteiger partial charge in [-0.3, -0.25) is 0 Å². The first-order chi connectivity index (χ1) is 8.26. The van der Waals surface area contributed by atoms with E-state index in [1.54, 1.807) is 0 Å². The van der Waals surface area contributed by atoms with Crippen LogP contribution in [-0.4, -0.2) is 31.6 Å². The highest BCUT2D eigenvalue weighted by Crippen LogP contribution is 2.07. The number of likely N-dealkylation sites (N-methyl/N-ethyl adjacent to an activating group) is 1. The first-order valence-corrected chi connectivity index (χ1v) is 6.68. The minimum absolute atomic E-state index is 0.689. The Balaban J connectivity index is 2.19. The number of rotatable bonds is 8. The molecule has 2 heteroatoms. The van der Waals surface area contributed by atoms with Crippen LogP contribution in [0.1, 0.15) is 25.3 Å². The zero-order chi connectivity index (χ0) is 12.5. The standard InChI is InChI=1S/C15H26N2/c1-3-14(13-16)9-11-17(2)12-10-15-7-5-4-6-8-15/h4-8,14H,3,9-13,16H2,1-2H3. The van der Waals surface area contributed by atoms with Crippen LogP contribution < -0.4 is 5.73 Å². The van der Waals surface area contributed by atoms with E-state index >= 15 is 0 Å². The molecule has 17 heavy (non-hydrogen) atoms. The van der Waals surface area contributed by atoms with Crippen molar-refractivity contribution in [1.82, 2.24) is 4.90 Å². The molecule has 2 nitrogen and oxygen atoms in total. The minimum Gasteiger partial charge on any atom is -0.330 e. The van der Waals surface area contributed by atoms with Crippen molar-refractivity contribution in [3.63, 3.8) is 0 Å². The third kappa shape index (κ3) is 5.85. The topological polar surface area (TPSA) is 29.3 Å². The van der Waals surface area contributed by atoms with Gasteiger partial charge in [-0.05, 0) is 44.5 Å². The second-order valence-corrected chi connectivity index (χ2v) is 4.84. The van der Waals surface area contributed by atoms with Crippen molar-refractivity contribution in [2.75, 3.05) is 26.7 Å².